The van der Waals surface area contributed by atoms with Crippen LogP contribution in [-0.2, 0) is 0 Å². The molecule has 1 nitrogen and oxygen atoms in total. The summed E-state index contributed by atoms with van der Waals surface area (Å²) in [5.41, 5.74) is 3.80. The lowest BCUT2D eigenvalue weighted by atomic mass is 10.1. The third-order valence-electron chi connectivity index (χ3n) is 1.87. The van der Waals surface area contributed by atoms with Gasteiger partial charge >= 0.3 is 0 Å². The third kappa shape index (κ3) is 2.01. The molecule has 0 unspecified atom stereocenters. The van der Waals surface area contributed by atoms with Crippen molar-refractivity contribution in [3.63, 3.8) is 0 Å². The zero-order valence-corrected chi connectivity index (χ0v) is 9.33. The van der Waals surface area contributed by atoms with E-state index in [2.05, 4.69) is 54.2 Å². The van der Waals surface area contributed by atoms with Gasteiger partial charge in [-0.25, -0.2) is 0 Å². The molecule has 1 N–H and O–H groups in total. The molecule has 1 rings (SSSR count). The first kappa shape index (κ1) is 9.59. The normalized spacial score (nSPS) is 10.0. The van der Waals surface area contributed by atoms with Gasteiger partial charge in [-0.05, 0) is 44.0 Å². The first-order valence-corrected chi connectivity index (χ1v) is 4.95. The Kier molecular flexibility index (Phi) is 3.15. The summed E-state index contributed by atoms with van der Waals surface area (Å²) in [5.74, 6) is 0. The Morgan fingerprint density at radius 2 is 1.92 bits per heavy atom. The van der Waals surface area contributed by atoms with Crippen molar-refractivity contribution in [3.8, 4) is 0 Å². The number of anilines is 1. The molecule has 1 aromatic rings. The molecule has 2 heteroatoms. The monoisotopic (exact) mass is 227 g/mol. The van der Waals surface area contributed by atoms with Crippen LogP contribution in [0.25, 0.3) is 0 Å². The first-order chi connectivity index (χ1) is 5.65. The van der Waals surface area contributed by atoms with Crippen molar-refractivity contribution in [1.82, 2.24) is 0 Å². The second kappa shape index (κ2) is 3.94. The van der Waals surface area contributed by atoms with Crippen molar-refractivity contribution in [2.75, 3.05) is 11.9 Å². The van der Waals surface area contributed by atoms with Gasteiger partial charge in [-0.1, -0.05) is 15.9 Å². The molecule has 1 aromatic carbocycles. The maximum absolute atomic E-state index is 3.50. The average Bonchev–Trinajstić information content (AvgIpc) is 2.01. The van der Waals surface area contributed by atoms with Crippen LogP contribution in [0, 0.1) is 13.8 Å². The van der Waals surface area contributed by atoms with E-state index in [0.717, 1.165) is 6.54 Å². The van der Waals surface area contributed by atoms with Gasteiger partial charge in [0.1, 0.15) is 0 Å². The minimum Gasteiger partial charge on any atom is -0.385 e. The predicted octanol–water partition coefficient (Wildman–Crippen LogP) is 3.50. The molecule has 0 heterocycles. The summed E-state index contributed by atoms with van der Waals surface area (Å²) in [6.45, 7) is 7.30. The summed E-state index contributed by atoms with van der Waals surface area (Å²) in [4.78, 5) is 0. The van der Waals surface area contributed by atoms with Gasteiger partial charge in [0.2, 0.25) is 0 Å². The Morgan fingerprint density at radius 3 is 2.50 bits per heavy atom. The second-order valence-corrected chi connectivity index (χ2v) is 3.80. The number of hydrogen-bond acceptors (Lipinski definition) is 1. The Bertz CT molecular complexity index is 281. The van der Waals surface area contributed by atoms with Crippen molar-refractivity contribution < 1.29 is 0 Å². The zero-order valence-electron chi connectivity index (χ0n) is 7.74. The summed E-state index contributed by atoms with van der Waals surface area (Å²) in [7, 11) is 0. The molecule has 0 aliphatic heterocycles. The predicted molar refractivity (Wildman–Crippen MR) is 57.8 cm³/mol. The van der Waals surface area contributed by atoms with E-state index in [9.17, 15) is 0 Å². The third-order valence-corrected chi connectivity index (χ3v) is 2.73. The molecule has 0 fully saturated rings. The van der Waals surface area contributed by atoms with E-state index in [1.54, 1.807) is 0 Å². The highest BCUT2D eigenvalue weighted by molar-refractivity contribution is 9.10. The fourth-order valence-corrected chi connectivity index (χ4v) is 1.62. The lowest BCUT2D eigenvalue weighted by molar-refractivity contribution is 1.19. The molecule has 0 saturated carbocycles. The van der Waals surface area contributed by atoms with Gasteiger partial charge < -0.3 is 5.32 Å². The molecule has 0 radical (unpaired) electrons. The van der Waals surface area contributed by atoms with Gasteiger partial charge in [-0.15, -0.1) is 0 Å². The van der Waals surface area contributed by atoms with Gasteiger partial charge in [0.25, 0.3) is 0 Å². The molecule has 12 heavy (non-hydrogen) atoms. The van der Waals surface area contributed by atoms with Crippen LogP contribution in [0.15, 0.2) is 16.6 Å². The average molecular weight is 228 g/mol. The zero-order chi connectivity index (χ0) is 9.14. The van der Waals surface area contributed by atoms with Crippen LogP contribution in [-0.4, -0.2) is 6.54 Å². The number of aryl methyl sites for hydroxylation is 2. The molecular formula is C10H14BrN. The molecule has 0 bridgehead atoms. The van der Waals surface area contributed by atoms with E-state index in [4.69, 9.17) is 0 Å². The molecule has 0 saturated heterocycles. The van der Waals surface area contributed by atoms with Crippen LogP contribution in [0.5, 0.6) is 0 Å². The topological polar surface area (TPSA) is 12.0 Å². The summed E-state index contributed by atoms with van der Waals surface area (Å²) in [6.07, 6.45) is 0. The fraction of sp³-hybridized carbons (Fsp3) is 0.400. The van der Waals surface area contributed by atoms with E-state index >= 15 is 0 Å². The van der Waals surface area contributed by atoms with Gasteiger partial charge in [-0.3, -0.25) is 0 Å². The van der Waals surface area contributed by atoms with E-state index in [-0.39, 0.29) is 0 Å². The van der Waals surface area contributed by atoms with E-state index in [1.165, 1.54) is 21.3 Å². The molecule has 0 aliphatic carbocycles. The maximum Gasteiger partial charge on any atom is 0.0373 e. The highest BCUT2D eigenvalue weighted by Crippen LogP contribution is 2.24. The lowest BCUT2D eigenvalue weighted by Crippen LogP contribution is -1.99. The number of rotatable bonds is 2. The van der Waals surface area contributed by atoms with Crippen LogP contribution < -0.4 is 5.32 Å². The highest BCUT2D eigenvalue weighted by Gasteiger charge is 2.00. The molecule has 66 valence electrons. The standard InChI is InChI=1S/C10H14BrN/c1-4-12-10-6-7(2)9(11)5-8(10)3/h5-6,12H,4H2,1-3H3. The Labute approximate surface area is 82.3 Å². The van der Waals surface area contributed by atoms with Crippen molar-refractivity contribution in [1.29, 1.82) is 0 Å². The van der Waals surface area contributed by atoms with Crippen LogP contribution >= 0.6 is 15.9 Å². The van der Waals surface area contributed by atoms with Gasteiger partial charge in [0.15, 0.2) is 0 Å². The smallest absolute Gasteiger partial charge is 0.0373 e. The first-order valence-electron chi connectivity index (χ1n) is 4.15. The minimum absolute atomic E-state index is 0.974. The Morgan fingerprint density at radius 1 is 1.25 bits per heavy atom. The molecule has 0 aliphatic rings. The van der Waals surface area contributed by atoms with Crippen molar-refractivity contribution in [3.05, 3.63) is 27.7 Å². The number of hydrogen-bond donors (Lipinski definition) is 1. The largest absolute Gasteiger partial charge is 0.385 e. The van der Waals surface area contributed by atoms with Gasteiger partial charge in [-0.2, -0.15) is 0 Å². The fourth-order valence-electron chi connectivity index (χ4n) is 1.16. The van der Waals surface area contributed by atoms with E-state index in [0.29, 0.717) is 0 Å². The van der Waals surface area contributed by atoms with Crippen LogP contribution in [0.4, 0.5) is 5.69 Å². The maximum atomic E-state index is 3.50. The van der Waals surface area contributed by atoms with Gasteiger partial charge in [0, 0.05) is 16.7 Å². The van der Waals surface area contributed by atoms with Crippen molar-refractivity contribution in [2.45, 2.75) is 20.8 Å². The summed E-state index contributed by atoms with van der Waals surface area (Å²) < 4.78 is 1.18. The van der Waals surface area contributed by atoms with Crippen LogP contribution in [0.1, 0.15) is 18.1 Å². The van der Waals surface area contributed by atoms with Crippen LogP contribution in [0.2, 0.25) is 0 Å². The number of nitrogens with one attached hydrogen (secondary N) is 1. The Hall–Kier alpha value is -0.500. The van der Waals surface area contributed by atoms with E-state index < -0.39 is 0 Å². The summed E-state index contributed by atoms with van der Waals surface area (Å²) >= 11 is 3.50. The second-order valence-electron chi connectivity index (χ2n) is 2.95. The van der Waals surface area contributed by atoms with Crippen molar-refractivity contribution >= 4 is 21.6 Å². The summed E-state index contributed by atoms with van der Waals surface area (Å²) in [5, 5.41) is 3.32. The van der Waals surface area contributed by atoms with E-state index in [1.807, 2.05) is 0 Å². The molecule has 0 amide bonds. The number of benzene rings is 1. The number of halogens is 1. The van der Waals surface area contributed by atoms with Gasteiger partial charge in [0.05, 0.1) is 0 Å². The molecule has 0 aromatic heterocycles. The summed E-state index contributed by atoms with van der Waals surface area (Å²) in [6, 6.07) is 4.32. The molecular weight excluding hydrogens is 214 g/mol. The van der Waals surface area contributed by atoms with Crippen LogP contribution in [0.3, 0.4) is 0 Å². The lowest BCUT2D eigenvalue weighted by Gasteiger charge is -2.09. The quantitative estimate of drug-likeness (QED) is 0.816. The van der Waals surface area contributed by atoms with Crippen molar-refractivity contribution in [2.24, 2.45) is 0 Å². The molecule has 0 spiro atoms. The minimum atomic E-state index is 0.974. The Balaban J connectivity index is 3.05. The molecule has 0 atom stereocenters. The SMILES string of the molecule is CCNc1cc(C)c(Br)cc1C. The highest BCUT2D eigenvalue weighted by atomic mass is 79.9.